The van der Waals surface area contributed by atoms with Gasteiger partial charge in [-0.1, -0.05) is 18.2 Å². The largest absolute Gasteiger partial charge is 0.326 e. The van der Waals surface area contributed by atoms with Gasteiger partial charge in [-0.2, -0.15) is 0 Å². The van der Waals surface area contributed by atoms with Crippen LogP contribution in [0, 0.1) is 13.8 Å². The number of amides is 1. The second-order valence-corrected chi connectivity index (χ2v) is 9.32. The van der Waals surface area contributed by atoms with Crippen molar-refractivity contribution in [2.45, 2.75) is 32.2 Å². The minimum atomic E-state index is -3.68. The number of anilines is 1. The van der Waals surface area contributed by atoms with Gasteiger partial charge in [0.15, 0.2) is 0 Å². The molecule has 0 aliphatic carbocycles. The lowest BCUT2D eigenvalue weighted by molar-refractivity contribution is -0.114. The first-order chi connectivity index (χ1) is 14.8. The van der Waals surface area contributed by atoms with E-state index in [0.717, 1.165) is 33.2 Å². The molecule has 0 atom stereocenters. The predicted octanol–water partition coefficient (Wildman–Crippen LogP) is 3.74. The molecule has 0 bridgehead atoms. The van der Waals surface area contributed by atoms with Crippen LogP contribution in [0.3, 0.4) is 0 Å². The zero-order valence-corrected chi connectivity index (χ0v) is 18.5. The van der Waals surface area contributed by atoms with E-state index in [9.17, 15) is 13.2 Å². The Morgan fingerprint density at radius 1 is 1.06 bits per heavy atom. The van der Waals surface area contributed by atoms with Gasteiger partial charge in [-0.3, -0.25) is 4.79 Å². The van der Waals surface area contributed by atoms with E-state index in [4.69, 9.17) is 4.98 Å². The number of carbonyl (C=O) groups is 1. The lowest BCUT2D eigenvalue weighted by Crippen LogP contribution is -2.27. The van der Waals surface area contributed by atoms with Gasteiger partial charge in [-0.15, -0.1) is 0 Å². The normalized spacial score (nSPS) is 11.8. The molecule has 0 unspecified atom stereocenters. The van der Waals surface area contributed by atoms with Crippen LogP contribution in [0.5, 0.6) is 0 Å². The lowest BCUT2D eigenvalue weighted by atomic mass is 10.1. The Morgan fingerprint density at radius 3 is 2.48 bits per heavy atom. The van der Waals surface area contributed by atoms with Gasteiger partial charge >= 0.3 is 0 Å². The molecule has 2 aromatic carbocycles. The molecule has 31 heavy (non-hydrogen) atoms. The number of para-hydroxylation sites is 1. The topological polar surface area (TPSA) is 93.1 Å². The van der Waals surface area contributed by atoms with Crippen LogP contribution < -0.4 is 10.0 Å². The second-order valence-electron chi connectivity index (χ2n) is 7.55. The van der Waals surface area contributed by atoms with Gasteiger partial charge in [0.05, 0.1) is 10.4 Å². The summed E-state index contributed by atoms with van der Waals surface area (Å²) in [5, 5.41) is 4.83. The van der Waals surface area contributed by atoms with Crippen LogP contribution >= 0.6 is 0 Å². The van der Waals surface area contributed by atoms with Crippen LogP contribution in [0.1, 0.15) is 18.2 Å². The summed E-state index contributed by atoms with van der Waals surface area (Å²) < 4.78 is 30.1. The van der Waals surface area contributed by atoms with Crippen LogP contribution in [0.2, 0.25) is 0 Å². The van der Waals surface area contributed by atoms with Crippen molar-refractivity contribution >= 4 is 43.6 Å². The minimum Gasteiger partial charge on any atom is -0.326 e. The maximum absolute atomic E-state index is 12.7. The third-order valence-electron chi connectivity index (χ3n) is 5.16. The van der Waals surface area contributed by atoms with Crippen LogP contribution in [0.4, 0.5) is 5.69 Å². The quantitative estimate of drug-likeness (QED) is 0.481. The molecule has 160 valence electrons. The Kier molecular flexibility index (Phi) is 5.51. The fraction of sp³-hybridized carbons (Fsp3) is 0.217. The molecule has 0 spiro atoms. The molecule has 1 amide bonds. The van der Waals surface area contributed by atoms with Crippen LogP contribution in [0.25, 0.3) is 21.9 Å². The highest BCUT2D eigenvalue weighted by Crippen LogP contribution is 2.30. The molecule has 4 aromatic rings. The molecular weight excluding hydrogens is 412 g/mol. The van der Waals surface area contributed by atoms with Crippen molar-refractivity contribution in [1.82, 2.24) is 14.3 Å². The maximum Gasteiger partial charge on any atom is 0.240 e. The summed E-state index contributed by atoms with van der Waals surface area (Å²) >= 11 is 0. The number of pyridine rings is 1. The first-order valence-corrected chi connectivity index (χ1v) is 11.5. The van der Waals surface area contributed by atoms with E-state index in [2.05, 4.69) is 33.7 Å². The number of hydrogen-bond acceptors (Lipinski definition) is 4. The summed E-state index contributed by atoms with van der Waals surface area (Å²) in [4.78, 5) is 16.0. The number of benzene rings is 2. The number of hydrogen-bond donors (Lipinski definition) is 2. The maximum atomic E-state index is 12.7. The van der Waals surface area contributed by atoms with E-state index >= 15 is 0 Å². The van der Waals surface area contributed by atoms with Crippen molar-refractivity contribution in [3.8, 4) is 0 Å². The van der Waals surface area contributed by atoms with E-state index < -0.39 is 10.0 Å². The van der Waals surface area contributed by atoms with E-state index in [-0.39, 0.29) is 17.3 Å². The molecule has 0 aliphatic rings. The number of aryl methyl sites for hydroxylation is 2. The highest BCUT2D eigenvalue weighted by molar-refractivity contribution is 7.89. The number of carbonyl (C=O) groups excluding carboxylic acids is 1. The summed E-state index contributed by atoms with van der Waals surface area (Å²) in [5.41, 5.74) is 4.51. The number of nitrogens with zero attached hydrogens (tertiary/aromatic N) is 2. The molecule has 8 heteroatoms. The summed E-state index contributed by atoms with van der Waals surface area (Å²) in [7, 11) is -3.68. The number of rotatable bonds is 6. The molecule has 2 aromatic heterocycles. The number of nitrogens with one attached hydrogen (secondary N) is 2. The van der Waals surface area contributed by atoms with Crippen molar-refractivity contribution in [1.29, 1.82) is 0 Å². The summed E-state index contributed by atoms with van der Waals surface area (Å²) in [5.74, 6) is -0.209. The van der Waals surface area contributed by atoms with Crippen LogP contribution in [0.15, 0.2) is 59.5 Å². The number of aromatic nitrogens is 2. The fourth-order valence-electron chi connectivity index (χ4n) is 3.90. The summed E-state index contributed by atoms with van der Waals surface area (Å²) in [6, 6.07) is 16.2. The van der Waals surface area contributed by atoms with Crippen LogP contribution in [-0.4, -0.2) is 30.4 Å². The van der Waals surface area contributed by atoms with Crippen molar-refractivity contribution in [2.75, 3.05) is 11.9 Å². The number of fused-ring (bicyclic) bond motifs is 3. The minimum absolute atomic E-state index is 0.147. The summed E-state index contributed by atoms with van der Waals surface area (Å²) in [6.07, 6.45) is 0. The molecule has 0 saturated heterocycles. The molecule has 2 N–H and O–H groups in total. The highest BCUT2D eigenvalue weighted by atomic mass is 32.2. The average Bonchev–Trinajstić information content (AvgIpc) is 3.02. The zero-order chi connectivity index (χ0) is 22.2. The Morgan fingerprint density at radius 2 is 1.77 bits per heavy atom. The third kappa shape index (κ3) is 4.17. The SMILES string of the molecule is CC(=O)Nc1ccc(S(=O)(=O)NCCn2c3ccccc3c3c(C)cc(C)nc32)cc1. The Bertz CT molecular complexity index is 1390. The van der Waals surface area contributed by atoms with Crippen LogP contribution in [-0.2, 0) is 21.4 Å². The Balaban J connectivity index is 1.58. The molecule has 0 aliphatic heterocycles. The third-order valence-corrected chi connectivity index (χ3v) is 6.63. The van der Waals surface area contributed by atoms with Gasteiger partial charge in [-0.05, 0) is 55.8 Å². The van der Waals surface area contributed by atoms with E-state index in [1.54, 1.807) is 12.1 Å². The molecule has 0 radical (unpaired) electrons. The average molecular weight is 437 g/mol. The van der Waals surface area contributed by atoms with Crippen molar-refractivity contribution in [3.05, 3.63) is 65.9 Å². The highest BCUT2D eigenvalue weighted by Gasteiger charge is 2.16. The van der Waals surface area contributed by atoms with E-state index in [1.807, 2.05) is 25.1 Å². The van der Waals surface area contributed by atoms with Gasteiger partial charge in [0.2, 0.25) is 15.9 Å². The first-order valence-electron chi connectivity index (χ1n) is 9.99. The van der Waals surface area contributed by atoms with Gasteiger partial charge < -0.3 is 9.88 Å². The van der Waals surface area contributed by atoms with E-state index in [1.165, 1.54) is 19.1 Å². The molecule has 2 heterocycles. The second kappa shape index (κ2) is 8.13. The zero-order valence-electron chi connectivity index (χ0n) is 17.6. The first kappa shape index (κ1) is 21.0. The van der Waals surface area contributed by atoms with Crippen molar-refractivity contribution < 1.29 is 13.2 Å². The lowest BCUT2D eigenvalue weighted by Gasteiger charge is -2.10. The van der Waals surface area contributed by atoms with Crippen molar-refractivity contribution in [2.24, 2.45) is 0 Å². The van der Waals surface area contributed by atoms with E-state index in [0.29, 0.717) is 12.2 Å². The van der Waals surface area contributed by atoms with Gasteiger partial charge in [0, 0.05) is 42.2 Å². The van der Waals surface area contributed by atoms with Gasteiger partial charge in [0.25, 0.3) is 0 Å². The number of sulfonamides is 1. The molecule has 0 saturated carbocycles. The predicted molar refractivity (Wildman–Crippen MR) is 123 cm³/mol. The monoisotopic (exact) mass is 436 g/mol. The molecular formula is C23H24N4O3S. The Hall–Kier alpha value is -3.23. The molecule has 4 rings (SSSR count). The summed E-state index contributed by atoms with van der Waals surface area (Å²) in [6.45, 7) is 6.10. The molecule has 7 nitrogen and oxygen atoms in total. The fourth-order valence-corrected chi connectivity index (χ4v) is 4.92. The van der Waals surface area contributed by atoms with Gasteiger partial charge in [-0.25, -0.2) is 18.1 Å². The smallest absolute Gasteiger partial charge is 0.240 e. The Labute approximate surface area is 181 Å². The molecule has 0 fully saturated rings. The van der Waals surface area contributed by atoms with Crippen molar-refractivity contribution in [3.63, 3.8) is 0 Å². The van der Waals surface area contributed by atoms with Gasteiger partial charge in [0.1, 0.15) is 5.65 Å². The standard InChI is InChI=1S/C23H24N4O3S/c1-15-14-16(2)25-23-22(15)20-6-4-5-7-21(20)27(23)13-12-24-31(29,30)19-10-8-18(9-11-19)26-17(3)28/h4-11,14,24H,12-13H2,1-3H3,(H,26,28).